The summed E-state index contributed by atoms with van der Waals surface area (Å²) >= 11 is 0. The number of nitrogens with zero attached hydrogens (tertiary/aromatic N) is 5. The van der Waals surface area contributed by atoms with Gasteiger partial charge in [-0.3, -0.25) is 18.4 Å². The molecule has 7 N–H and O–H groups in total. The van der Waals surface area contributed by atoms with Crippen molar-refractivity contribution in [1.29, 1.82) is 0 Å². The normalized spacial score (nSPS) is 15.3. The largest absolute Gasteiger partial charge is 0.514 e. The molecule has 1 aromatic heterocycles. The van der Waals surface area contributed by atoms with E-state index < -0.39 is 16.3 Å². The van der Waals surface area contributed by atoms with Gasteiger partial charge in [0.2, 0.25) is 0 Å². The Balaban J connectivity index is 2.08. The summed E-state index contributed by atoms with van der Waals surface area (Å²) in [5, 5.41) is 11.3. The molecule has 1 aliphatic heterocycles. The maximum atomic E-state index is 13.1. The van der Waals surface area contributed by atoms with Crippen LogP contribution in [0.3, 0.4) is 0 Å². The number of imidazole rings is 1. The van der Waals surface area contributed by atoms with Crippen LogP contribution < -0.4 is 20.3 Å². The fourth-order valence-corrected chi connectivity index (χ4v) is 4.08. The maximum Gasteiger partial charge on any atom is 0.514 e. The fourth-order valence-electron chi connectivity index (χ4n) is 3.50. The third-order valence-corrected chi connectivity index (χ3v) is 6.30. The number of nitrogens with two attached hydrogens (primary N) is 2. The molecule has 0 aliphatic carbocycles. The molecule has 0 amide bonds. The van der Waals surface area contributed by atoms with E-state index in [-0.39, 0.29) is 17.3 Å². The van der Waals surface area contributed by atoms with Gasteiger partial charge in [-0.2, -0.15) is 18.2 Å². The van der Waals surface area contributed by atoms with E-state index in [0.29, 0.717) is 24.6 Å². The molecule has 0 atom stereocenters. The van der Waals surface area contributed by atoms with E-state index >= 15 is 0 Å². The van der Waals surface area contributed by atoms with Crippen molar-refractivity contribution in [2.75, 3.05) is 22.7 Å². The lowest BCUT2D eigenvalue weighted by Gasteiger charge is -2.36. The second-order valence-electron chi connectivity index (χ2n) is 7.13. The molecule has 0 saturated heterocycles. The van der Waals surface area contributed by atoms with Crippen LogP contribution in [0.2, 0.25) is 0 Å². The summed E-state index contributed by atoms with van der Waals surface area (Å²) < 4.78 is 62.2. The minimum absolute atomic E-state index is 0.0363. The first-order chi connectivity index (χ1) is 15.0. The molecule has 14 heteroatoms. The van der Waals surface area contributed by atoms with Crippen molar-refractivity contribution in [3.05, 3.63) is 31.8 Å². The van der Waals surface area contributed by atoms with Crippen molar-refractivity contribution >= 4 is 45.4 Å². The minimum atomic E-state index is -5.25. The van der Waals surface area contributed by atoms with Gasteiger partial charge in [-0.15, -0.1) is 24.3 Å². The highest BCUT2D eigenvalue weighted by molar-refractivity contribution is 8.26. The Morgan fingerprint density at radius 3 is 2.53 bits per heavy atom. The van der Waals surface area contributed by atoms with Gasteiger partial charge < -0.3 is 15.5 Å². The highest BCUT2D eigenvalue weighted by Gasteiger charge is 2.46. The van der Waals surface area contributed by atoms with Crippen molar-refractivity contribution in [1.82, 2.24) is 9.55 Å². The number of quaternary nitrogens is 2. The van der Waals surface area contributed by atoms with Crippen molar-refractivity contribution in [2.45, 2.75) is 25.3 Å². The predicted octanol–water partition coefficient (Wildman–Crippen LogP) is 3.18. The number of rotatable bonds is 7. The van der Waals surface area contributed by atoms with Crippen LogP contribution in [0.5, 0.6) is 0 Å². The highest BCUT2D eigenvalue weighted by atomic mass is 32.3. The Morgan fingerprint density at radius 2 is 1.97 bits per heavy atom. The molecule has 0 bridgehead atoms. The number of hydrogen-bond donors (Lipinski definition) is 5. The standard InChI is InChI=1S/C18H27F3N8O2S/c1-5-29-8-6-7-11-9-12(13(10-14(11)29)27-32(30,31)18(19,20)21)25-26-17-24-15(22-2)16(23-3)28(17)4/h9-10,27,30-31H,2-3,5-8,22-23H2,1,4H3. The monoisotopic (exact) mass is 476 g/mol. The van der Waals surface area contributed by atoms with Crippen LogP contribution in [0, 0.1) is 14.1 Å². The second kappa shape index (κ2) is 9.23. The van der Waals surface area contributed by atoms with Crippen molar-refractivity contribution in [2.24, 2.45) is 17.3 Å². The van der Waals surface area contributed by atoms with Crippen LogP contribution in [0.4, 0.5) is 47.8 Å². The molecule has 2 heterocycles. The Labute approximate surface area is 185 Å². The Morgan fingerprint density at radius 1 is 1.25 bits per heavy atom. The number of benzene rings is 1. The van der Waals surface area contributed by atoms with Gasteiger partial charge in [-0.05, 0) is 48.2 Å². The predicted molar refractivity (Wildman–Crippen MR) is 116 cm³/mol. The molecule has 1 aromatic carbocycles. The number of alkyl halides is 3. The van der Waals surface area contributed by atoms with Gasteiger partial charge in [0.05, 0.1) is 5.69 Å². The summed E-state index contributed by atoms with van der Waals surface area (Å²) in [7, 11) is 3.95. The van der Waals surface area contributed by atoms with E-state index in [1.54, 1.807) is 23.0 Å². The summed E-state index contributed by atoms with van der Waals surface area (Å²) in [5.41, 5.74) is -3.79. The van der Waals surface area contributed by atoms with E-state index in [1.807, 2.05) is 16.5 Å². The number of anilines is 2. The lowest BCUT2D eigenvalue weighted by molar-refractivity contribution is -0.547. The number of fused-ring (bicyclic) bond motifs is 1. The van der Waals surface area contributed by atoms with Crippen LogP contribution in [-0.4, -0.2) is 37.3 Å². The molecule has 0 fully saturated rings. The zero-order valence-corrected chi connectivity index (χ0v) is 18.5. The van der Waals surface area contributed by atoms with E-state index in [1.165, 1.54) is 11.4 Å². The summed E-state index contributed by atoms with van der Waals surface area (Å²) in [4.78, 5) is 6.29. The number of nitrogens with one attached hydrogen (secondary N) is 1. The Hall–Kier alpha value is -2.39. The average Bonchev–Trinajstić information content (AvgIpc) is 3.05. The smallest absolute Gasteiger partial charge is 0.424 e. The number of aromatic nitrogens is 2. The van der Waals surface area contributed by atoms with Crippen LogP contribution in [-0.2, 0) is 13.5 Å². The van der Waals surface area contributed by atoms with Gasteiger partial charge in [0, 0.05) is 25.8 Å². The summed E-state index contributed by atoms with van der Waals surface area (Å²) in [5.74, 6) is 1.38. The number of azo groups is 1. The molecule has 0 spiro atoms. The number of halogens is 3. The van der Waals surface area contributed by atoms with Gasteiger partial charge in [0.1, 0.15) is 5.69 Å². The van der Waals surface area contributed by atoms with Gasteiger partial charge in [-0.1, -0.05) is 0 Å². The van der Waals surface area contributed by atoms with Crippen LogP contribution >= 0.6 is 10.8 Å². The Kier molecular flexibility index (Phi) is 7.00. The SMILES string of the molecule is [CH2-][NH2+]c1nc(N=Nc2cc3c(cc2NS(O)(O)C(F)(F)F)N(CC)CCC3)n(C)c1[NH2+][CH2-]. The zero-order chi connectivity index (χ0) is 23.7. The summed E-state index contributed by atoms with van der Waals surface area (Å²) in [6.07, 6.45) is 1.60. The van der Waals surface area contributed by atoms with Gasteiger partial charge in [0.15, 0.2) is 0 Å². The topological polar surface area (TPSA) is 131 Å². The molecule has 10 nitrogen and oxygen atoms in total. The van der Waals surface area contributed by atoms with Gasteiger partial charge in [-0.25, -0.2) is 0 Å². The van der Waals surface area contributed by atoms with Gasteiger partial charge in [0.25, 0.3) is 17.6 Å². The van der Waals surface area contributed by atoms with Crippen molar-refractivity contribution in [3.8, 4) is 0 Å². The summed E-state index contributed by atoms with van der Waals surface area (Å²) in [6, 6.07) is 3.07. The lowest BCUT2D eigenvalue weighted by Crippen LogP contribution is -2.77. The number of aryl methyl sites for hydroxylation is 1. The van der Waals surface area contributed by atoms with Crippen LogP contribution in [0.1, 0.15) is 18.9 Å². The average molecular weight is 477 g/mol. The third-order valence-electron chi connectivity index (χ3n) is 5.15. The second-order valence-corrected chi connectivity index (χ2v) is 8.89. The van der Waals surface area contributed by atoms with E-state index in [0.717, 1.165) is 24.2 Å². The lowest BCUT2D eigenvalue weighted by atomic mass is 10.0. The first kappa shape index (κ1) is 24.3. The van der Waals surface area contributed by atoms with Crippen molar-refractivity contribution < 1.29 is 32.9 Å². The van der Waals surface area contributed by atoms with Crippen LogP contribution in [0.25, 0.3) is 0 Å². The molecule has 3 rings (SSSR count). The third kappa shape index (κ3) is 4.68. The van der Waals surface area contributed by atoms with E-state index in [4.69, 9.17) is 0 Å². The molecule has 178 valence electrons. The van der Waals surface area contributed by atoms with Crippen LogP contribution in [0.15, 0.2) is 22.4 Å². The highest BCUT2D eigenvalue weighted by Crippen LogP contribution is 2.56. The molecular formula is C18H27F3N8O2S. The van der Waals surface area contributed by atoms with Crippen molar-refractivity contribution in [3.63, 3.8) is 0 Å². The molecule has 0 saturated carbocycles. The van der Waals surface area contributed by atoms with Gasteiger partial charge >= 0.3 is 5.51 Å². The molecule has 0 radical (unpaired) electrons. The Bertz CT molecular complexity index is 1010. The van der Waals surface area contributed by atoms with E-state index in [2.05, 4.69) is 29.3 Å². The van der Waals surface area contributed by atoms with E-state index in [9.17, 15) is 22.3 Å². The molecule has 0 unspecified atom stereocenters. The summed E-state index contributed by atoms with van der Waals surface area (Å²) in [6.45, 7) is 3.35. The molecule has 32 heavy (non-hydrogen) atoms. The first-order valence-electron chi connectivity index (χ1n) is 9.79. The quantitative estimate of drug-likeness (QED) is 0.309. The number of hydrogen-bond acceptors (Lipinski definition) is 7. The maximum absolute atomic E-state index is 13.1. The fraction of sp³-hybridized carbons (Fsp3) is 0.389. The zero-order valence-electron chi connectivity index (χ0n) is 17.7. The first-order valence-corrected chi connectivity index (χ1v) is 11.3. The molecule has 2 aromatic rings. The molecular weight excluding hydrogens is 449 g/mol. The minimum Gasteiger partial charge on any atom is -0.424 e. The molecule has 1 aliphatic rings.